The summed E-state index contributed by atoms with van der Waals surface area (Å²) in [5, 5.41) is 45.6. The maximum Gasteiger partial charge on any atom is 0.331 e. The molecule has 6 rings (SSSR count). The first-order valence-corrected chi connectivity index (χ1v) is 18.0. The van der Waals surface area contributed by atoms with Crippen molar-refractivity contribution in [3.63, 3.8) is 0 Å². The zero-order valence-corrected chi connectivity index (χ0v) is 29.4. The lowest BCUT2D eigenvalue weighted by Crippen LogP contribution is -2.65. The molecule has 0 amide bonds. The van der Waals surface area contributed by atoms with E-state index in [1.165, 1.54) is 13.0 Å². The molecule has 7 nitrogen and oxygen atoms in total. The van der Waals surface area contributed by atoms with Crippen LogP contribution in [0.2, 0.25) is 0 Å². The number of carboxylic acids is 1. The van der Waals surface area contributed by atoms with E-state index in [1.807, 2.05) is 56.3 Å². The van der Waals surface area contributed by atoms with Crippen LogP contribution in [0.4, 0.5) is 0 Å². The fraction of sp³-hybridized carbons (Fsp3) is 0.634. The molecule has 0 unspecified atom stereocenters. The van der Waals surface area contributed by atoms with Crippen molar-refractivity contribution in [3.8, 4) is 0 Å². The number of benzene rings is 1. The van der Waals surface area contributed by atoms with Gasteiger partial charge in [0.15, 0.2) is 5.78 Å². The van der Waals surface area contributed by atoms with Crippen LogP contribution in [0.1, 0.15) is 98.5 Å². The Morgan fingerprint density at radius 2 is 1.69 bits per heavy atom. The van der Waals surface area contributed by atoms with E-state index >= 15 is 4.79 Å². The fourth-order valence-electron chi connectivity index (χ4n) is 11.9. The lowest BCUT2D eigenvalue weighted by molar-refractivity contribution is -0.157. The zero-order valence-electron chi connectivity index (χ0n) is 29.4. The number of carboxylic acid groups (broad SMARTS) is 1. The van der Waals surface area contributed by atoms with Crippen molar-refractivity contribution >= 4 is 23.6 Å². The number of carbonyl (C=O) groups is 3. The van der Waals surface area contributed by atoms with Crippen molar-refractivity contribution in [2.75, 3.05) is 0 Å². The molecule has 0 aliphatic heterocycles. The first-order chi connectivity index (χ1) is 22.5. The van der Waals surface area contributed by atoms with Gasteiger partial charge in [0.05, 0.1) is 18.3 Å². The zero-order chi connectivity index (χ0) is 35.0. The Balaban J connectivity index is 1.53. The Morgan fingerprint density at radius 1 is 1.02 bits per heavy atom. The molecule has 7 heteroatoms. The van der Waals surface area contributed by atoms with Gasteiger partial charge in [-0.25, -0.2) is 4.79 Å². The number of aliphatic hydroxyl groups excluding tert-OH is 3. The lowest BCUT2D eigenvalue weighted by atomic mass is 9.38. The van der Waals surface area contributed by atoms with Crippen LogP contribution in [0.25, 0.3) is 6.08 Å². The molecule has 0 bridgehead atoms. The van der Waals surface area contributed by atoms with E-state index in [0.717, 1.165) is 24.8 Å². The Bertz CT molecular complexity index is 1570. The highest BCUT2D eigenvalue weighted by Gasteiger charge is 2.74. The smallest absolute Gasteiger partial charge is 0.331 e. The molecule has 0 heterocycles. The number of Topliss-reactive ketones (excluding diaryl/α,β-unsaturated/α-hetero) is 2. The summed E-state index contributed by atoms with van der Waals surface area (Å²) in [6, 6.07) is 9.90. The molecule has 48 heavy (non-hydrogen) atoms. The number of hydrogen-bond acceptors (Lipinski definition) is 6. The van der Waals surface area contributed by atoms with E-state index in [9.17, 15) is 30.0 Å². The average Bonchev–Trinajstić information content (AvgIpc) is 3.23. The second-order valence-corrected chi connectivity index (χ2v) is 16.9. The maximum atomic E-state index is 15.3. The predicted octanol–water partition coefficient (Wildman–Crippen LogP) is 6.56. The topological polar surface area (TPSA) is 132 Å². The SMILES string of the molecule is C/C(=C\[C@@H](O)C[C@H]1CCCC[C@H]2C(=O)C3=C([C@H](O)[C@@H](/C=C/c4ccccc4)[C@@H]4C(C)(C)C(=O)CC[C@]34C)[C@]3(C)[C@@H](O)C[C@H]1[C@@]23C)C(=O)O. The van der Waals surface area contributed by atoms with Gasteiger partial charge in [0.1, 0.15) is 5.78 Å². The van der Waals surface area contributed by atoms with Crippen LogP contribution in [0.5, 0.6) is 0 Å². The van der Waals surface area contributed by atoms with E-state index in [1.54, 1.807) is 0 Å². The first kappa shape index (κ1) is 35.0. The summed E-state index contributed by atoms with van der Waals surface area (Å²) < 4.78 is 0. The van der Waals surface area contributed by atoms with Gasteiger partial charge < -0.3 is 20.4 Å². The van der Waals surface area contributed by atoms with Gasteiger partial charge in [-0.05, 0) is 73.0 Å². The maximum absolute atomic E-state index is 15.3. The summed E-state index contributed by atoms with van der Waals surface area (Å²) in [6.45, 7) is 11.8. The minimum atomic E-state index is -1.07. The van der Waals surface area contributed by atoms with E-state index in [-0.39, 0.29) is 40.8 Å². The molecule has 0 saturated heterocycles. The molecule has 0 spiro atoms. The minimum absolute atomic E-state index is 0.0406. The van der Waals surface area contributed by atoms with Crippen LogP contribution in [-0.2, 0) is 14.4 Å². The molecule has 11 atom stereocenters. The molecular weight excluding hydrogens is 604 g/mol. The van der Waals surface area contributed by atoms with Crippen molar-refractivity contribution in [2.45, 2.75) is 111 Å². The number of hydrogen-bond donors (Lipinski definition) is 4. The van der Waals surface area contributed by atoms with Crippen molar-refractivity contribution in [1.82, 2.24) is 0 Å². The van der Waals surface area contributed by atoms with E-state index in [0.29, 0.717) is 43.3 Å². The highest BCUT2D eigenvalue weighted by Crippen LogP contribution is 2.74. The largest absolute Gasteiger partial charge is 0.478 e. The summed E-state index contributed by atoms with van der Waals surface area (Å²) >= 11 is 0. The van der Waals surface area contributed by atoms with E-state index < -0.39 is 51.9 Å². The summed E-state index contributed by atoms with van der Waals surface area (Å²) in [5.74, 6) is -2.15. The molecule has 3 saturated carbocycles. The Hall–Kier alpha value is -2.87. The number of aliphatic carboxylic acids is 1. The minimum Gasteiger partial charge on any atom is -0.478 e. The first-order valence-electron chi connectivity index (χ1n) is 18.0. The molecular formula is C41H54O7. The summed E-state index contributed by atoms with van der Waals surface area (Å²) in [4.78, 5) is 40.4. The lowest BCUT2D eigenvalue weighted by Gasteiger charge is -2.65. The van der Waals surface area contributed by atoms with Gasteiger partial charge >= 0.3 is 5.97 Å². The number of aliphatic hydroxyl groups is 3. The van der Waals surface area contributed by atoms with Gasteiger partial charge in [0.25, 0.3) is 0 Å². The van der Waals surface area contributed by atoms with E-state index in [4.69, 9.17) is 0 Å². The molecule has 4 N–H and O–H groups in total. The molecule has 0 radical (unpaired) electrons. The van der Waals surface area contributed by atoms with Gasteiger partial charge in [-0.3, -0.25) is 9.59 Å². The van der Waals surface area contributed by atoms with Gasteiger partial charge in [-0.15, -0.1) is 0 Å². The van der Waals surface area contributed by atoms with Crippen molar-refractivity contribution in [2.24, 2.45) is 51.2 Å². The van der Waals surface area contributed by atoms with Crippen molar-refractivity contribution in [3.05, 3.63) is 64.8 Å². The second-order valence-electron chi connectivity index (χ2n) is 16.9. The molecule has 5 aliphatic carbocycles. The Morgan fingerprint density at radius 3 is 2.35 bits per heavy atom. The quantitative estimate of drug-likeness (QED) is 0.255. The molecule has 3 fully saturated rings. The van der Waals surface area contributed by atoms with Crippen LogP contribution < -0.4 is 0 Å². The predicted molar refractivity (Wildman–Crippen MR) is 184 cm³/mol. The molecule has 5 aliphatic rings. The summed E-state index contributed by atoms with van der Waals surface area (Å²) in [7, 11) is 0. The van der Waals surface area contributed by atoms with Crippen LogP contribution in [0.15, 0.2) is 59.2 Å². The number of rotatable bonds is 6. The monoisotopic (exact) mass is 658 g/mol. The highest BCUT2D eigenvalue weighted by atomic mass is 16.4. The van der Waals surface area contributed by atoms with Crippen molar-refractivity contribution in [1.29, 1.82) is 0 Å². The Kier molecular flexibility index (Phi) is 8.87. The second kappa shape index (κ2) is 12.2. The van der Waals surface area contributed by atoms with Crippen LogP contribution >= 0.6 is 0 Å². The van der Waals surface area contributed by atoms with Crippen LogP contribution in [0, 0.1) is 51.2 Å². The number of allylic oxidation sites excluding steroid dienone is 1. The molecule has 1 aromatic carbocycles. The normalized spacial score (nSPS) is 41.7. The molecule has 260 valence electrons. The van der Waals surface area contributed by atoms with E-state index in [2.05, 4.69) is 20.8 Å². The number of fused-ring (bicyclic) bond motifs is 3. The third-order valence-electron chi connectivity index (χ3n) is 14.3. The van der Waals surface area contributed by atoms with Crippen LogP contribution in [0.3, 0.4) is 0 Å². The van der Waals surface area contributed by atoms with Crippen LogP contribution in [-0.4, -0.2) is 56.3 Å². The summed E-state index contributed by atoms with van der Waals surface area (Å²) in [5.41, 5.74) is -0.671. The average molecular weight is 659 g/mol. The number of carbonyl (C=O) groups excluding carboxylic acids is 2. The van der Waals surface area contributed by atoms with Gasteiger partial charge in [-0.2, -0.15) is 0 Å². The third kappa shape index (κ3) is 4.97. The third-order valence-corrected chi connectivity index (χ3v) is 14.3. The number of ketones is 2. The van der Waals surface area contributed by atoms with Gasteiger partial charge in [0, 0.05) is 45.6 Å². The summed E-state index contributed by atoms with van der Waals surface area (Å²) in [6.07, 6.45) is 7.50. The standard InChI is InChI=1S/C41H54O7/c1-23(37(47)48)20-26(42)21-25-14-10-11-15-28-35(46)32-33(41(6)31(44)22-29(25)40(28,41)5)34(45)27(17-16-24-12-8-7-9-13-24)36-38(2,3)30(43)18-19-39(32,36)4/h7-9,12-13,16-17,20,25-29,31,34,36,42,44-45H,10-11,14-15,18-19,21-22H2,1-6H3,(H,47,48)/b17-16+,23-20+/t25-,26-,27-,28+,29-,31+,34-,36-,39-,40-,41+/m1/s1. The van der Waals surface area contributed by atoms with Gasteiger partial charge in [-0.1, -0.05) is 96.4 Å². The fourth-order valence-corrected chi connectivity index (χ4v) is 11.9. The van der Waals surface area contributed by atoms with Crippen molar-refractivity contribution < 1.29 is 34.8 Å². The highest BCUT2D eigenvalue weighted by molar-refractivity contribution is 6.03. The molecule has 1 aromatic rings. The Labute approximate surface area is 285 Å². The van der Waals surface area contributed by atoms with Gasteiger partial charge in [0.2, 0.25) is 0 Å². The molecule has 0 aromatic heterocycles.